The smallest absolute Gasteiger partial charge is 0.184 e. The first-order valence-electron chi connectivity index (χ1n) is 4.94. The average Bonchev–Trinajstić information content (AvgIpc) is 2.34. The van der Waals surface area contributed by atoms with Crippen LogP contribution in [0.1, 0.15) is 0 Å². The van der Waals surface area contributed by atoms with Crippen LogP contribution in [0.15, 0.2) is 34.8 Å². The summed E-state index contributed by atoms with van der Waals surface area (Å²) in [6, 6.07) is 6.18. The van der Waals surface area contributed by atoms with Crippen LogP contribution >= 0.6 is 15.9 Å². The molecule has 0 bridgehead atoms. The van der Waals surface area contributed by atoms with E-state index >= 15 is 0 Å². The summed E-state index contributed by atoms with van der Waals surface area (Å²) in [5.41, 5.74) is 5.83. The number of nitrogens with one attached hydrogen (secondary N) is 1. The van der Waals surface area contributed by atoms with Gasteiger partial charge in [-0.25, -0.2) is 13.2 Å². The Morgan fingerprint density at radius 3 is 2.33 bits per heavy atom. The maximum Gasteiger partial charge on any atom is 0.184 e. The molecule has 0 unspecified atom stereocenters. The third-order valence-electron chi connectivity index (χ3n) is 2.32. The standard InChI is InChI=1S/C12H8BrF3N2/c13-7-5-6(1-2-8(7)14)18-12-10(17)4-3-9(15)11(12)16/h1-5,18H,17H2. The van der Waals surface area contributed by atoms with Gasteiger partial charge >= 0.3 is 0 Å². The van der Waals surface area contributed by atoms with Crippen LogP contribution in [0.3, 0.4) is 0 Å². The van der Waals surface area contributed by atoms with Gasteiger partial charge in [0.2, 0.25) is 0 Å². The zero-order chi connectivity index (χ0) is 13.3. The van der Waals surface area contributed by atoms with Crippen molar-refractivity contribution in [2.24, 2.45) is 0 Å². The Balaban J connectivity index is 2.39. The molecule has 18 heavy (non-hydrogen) atoms. The van der Waals surface area contributed by atoms with E-state index in [-0.39, 0.29) is 15.8 Å². The van der Waals surface area contributed by atoms with E-state index in [0.717, 1.165) is 6.07 Å². The van der Waals surface area contributed by atoms with Crippen molar-refractivity contribution in [1.82, 2.24) is 0 Å². The quantitative estimate of drug-likeness (QED) is 0.815. The first-order valence-corrected chi connectivity index (χ1v) is 5.74. The van der Waals surface area contributed by atoms with Crippen molar-refractivity contribution in [3.05, 3.63) is 52.3 Å². The Kier molecular flexibility index (Phi) is 3.47. The Morgan fingerprint density at radius 1 is 1.00 bits per heavy atom. The lowest BCUT2D eigenvalue weighted by molar-refractivity contribution is 0.512. The molecule has 2 nitrogen and oxygen atoms in total. The Morgan fingerprint density at radius 2 is 1.67 bits per heavy atom. The summed E-state index contributed by atoms with van der Waals surface area (Å²) in [6.45, 7) is 0. The molecule has 0 heterocycles. The second-order valence-electron chi connectivity index (χ2n) is 3.58. The van der Waals surface area contributed by atoms with Gasteiger partial charge in [-0.1, -0.05) is 0 Å². The van der Waals surface area contributed by atoms with Gasteiger partial charge in [0, 0.05) is 5.69 Å². The maximum absolute atomic E-state index is 13.5. The van der Waals surface area contributed by atoms with Crippen LogP contribution < -0.4 is 11.1 Å². The summed E-state index contributed by atoms with van der Waals surface area (Å²) in [7, 11) is 0. The van der Waals surface area contributed by atoms with Crippen molar-refractivity contribution in [2.75, 3.05) is 11.1 Å². The van der Waals surface area contributed by atoms with Crippen molar-refractivity contribution in [2.45, 2.75) is 0 Å². The average molecular weight is 317 g/mol. The molecule has 2 rings (SSSR count). The molecular formula is C12H8BrF3N2. The monoisotopic (exact) mass is 316 g/mol. The van der Waals surface area contributed by atoms with Gasteiger partial charge in [-0.3, -0.25) is 0 Å². The molecule has 0 aliphatic heterocycles. The lowest BCUT2D eigenvalue weighted by atomic mass is 10.2. The topological polar surface area (TPSA) is 38.0 Å². The summed E-state index contributed by atoms with van der Waals surface area (Å²) in [6.07, 6.45) is 0. The van der Waals surface area contributed by atoms with E-state index in [4.69, 9.17) is 5.73 Å². The zero-order valence-electron chi connectivity index (χ0n) is 8.98. The Bertz CT molecular complexity index is 602. The van der Waals surface area contributed by atoms with Crippen LogP contribution in [0.5, 0.6) is 0 Å². The van der Waals surface area contributed by atoms with E-state index in [1.54, 1.807) is 0 Å². The van der Waals surface area contributed by atoms with Crippen molar-refractivity contribution in [1.29, 1.82) is 0 Å². The van der Waals surface area contributed by atoms with Gasteiger partial charge in [-0.05, 0) is 46.3 Å². The number of anilines is 3. The molecule has 0 fully saturated rings. The summed E-state index contributed by atoms with van der Waals surface area (Å²) in [5, 5.41) is 2.61. The summed E-state index contributed by atoms with van der Waals surface area (Å²) in [5.74, 6) is -2.53. The number of hydrogen-bond acceptors (Lipinski definition) is 2. The van der Waals surface area contributed by atoms with Gasteiger partial charge in [0.1, 0.15) is 11.5 Å². The number of hydrogen-bond donors (Lipinski definition) is 2. The van der Waals surface area contributed by atoms with Crippen molar-refractivity contribution < 1.29 is 13.2 Å². The number of benzene rings is 2. The molecule has 94 valence electrons. The number of nitrogens with two attached hydrogens (primary N) is 1. The number of rotatable bonds is 2. The molecule has 0 amide bonds. The number of halogens is 4. The van der Waals surface area contributed by atoms with E-state index in [9.17, 15) is 13.2 Å². The minimum atomic E-state index is -1.07. The zero-order valence-corrected chi connectivity index (χ0v) is 10.6. The van der Waals surface area contributed by atoms with Crippen LogP contribution in [0.4, 0.5) is 30.2 Å². The van der Waals surface area contributed by atoms with Gasteiger partial charge < -0.3 is 11.1 Å². The SMILES string of the molecule is Nc1ccc(F)c(F)c1Nc1ccc(F)c(Br)c1. The Labute approximate surface area is 110 Å². The predicted octanol–water partition coefficient (Wildman–Crippen LogP) is 4.19. The fraction of sp³-hybridized carbons (Fsp3) is 0. The third kappa shape index (κ3) is 2.43. The van der Waals surface area contributed by atoms with Gasteiger partial charge in [-0.15, -0.1) is 0 Å². The fourth-order valence-electron chi connectivity index (χ4n) is 1.41. The first kappa shape index (κ1) is 12.8. The lowest BCUT2D eigenvalue weighted by Crippen LogP contribution is -2.01. The van der Waals surface area contributed by atoms with Crippen molar-refractivity contribution in [3.63, 3.8) is 0 Å². The van der Waals surface area contributed by atoms with Gasteiger partial charge in [0.25, 0.3) is 0 Å². The van der Waals surface area contributed by atoms with Crippen LogP contribution in [0, 0.1) is 17.5 Å². The molecular weight excluding hydrogens is 309 g/mol. The maximum atomic E-state index is 13.5. The molecule has 2 aromatic rings. The van der Waals surface area contributed by atoms with Gasteiger partial charge in [-0.2, -0.15) is 0 Å². The van der Waals surface area contributed by atoms with Crippen LogP contribution in [0.2, 0.25) is 0 Å². The number of nitrogen functional groups attached to an aromatic ring is 1. The molecule has 6 heteroatoms. The molecule has 0 aliphatic carbocycles. The molecule has 3 N–H and O–H groups in total. The highest BCUT2D eigenvalue weighted by atomic mass is 79.9. The van der Waals surface area contributed by atoms with E-state index in [2.05, 4.69) is 21.2 Å². The minimum absolute atomic E-state index is 0.0642. The second kappa shape index (κ2) is 4.89. The van der Waals surface area contributed by atoms with Gasteiger partial charge in [0.15, 0.2) is 11.6 Å². The molecule has 0 aromatic heterocycles. The fourth-order valence-corrected chi connectivity index (χ4v) is 1.79. The Hall–Kier alpha value is -1.69. The lowest BCUT2D eigenvalue weighted by Gasteiger charge is -2.11. The molecule has 0 atom stereocenters. The summed E-state index contributed by atoms with van der Waals surface area (Å²) >= 11 is 3.00. The van der Waals surface area contributed by atoms with E-state index < -0.39 is 17.5 Å². The highest BCUT2D eigenvalue weighted by Gasteiger charge is 2.12. The first-order chi connectivity index (χ1) is 8.49. The molecule has 0 aliphatic rings. The molecule has 0 saturated carbocycles. The minimum Gasteiger partial charge on any atom is -0.397 e. The normalized spacial score (nSPS) is 10.4. The summed E-state index contributed by atoms with van der Waals surface area (Å²) < 4.78 is 39.8. The van der Waals surface area contributed by atoms with E-state index in [1.807, 2.05) is 0 Å². The largest absolute Gasteiger partial charge is 0.397 e. The molecule has 2 aromatic carbocycles. The van der Waals surface area contributed by atoms with E-state index in [0.29, 0.717) is 5.69 Å². The molecule has 0 saturated heterocycles. The van der Waals surface area contributed by atoms with Crippen LogP contribution in [-0.2, 0) is 0 Å². The predicted molar refractivity (Wildman–Crippen MR) is 68.2 cm³/mol. The van der Waals surface area contributed by atoms with Crippen molar-refractivity contribution in [3.8, 4) is 0 Å². The van der Waals surface area contributed by atoms with Crippen LogP contribution in [-0.4, -0.2) is 0 Å². The van der Waals surface area contributed by atoms with Crippen LogP contribution in [0.25, 0.3) is 0 Å². The van der Waals surface area contributed by atoms with Gasteiger partial charge in [0.05, 0.1) is 10.2 Å². The second-order valence-corrected chi connectivity index (χ2v) is 4.43. The molecule has 0 spiro atoms. The third-order valence-corrected chi connectivity index (χ3v) is 2.92. The van der Waals surface area contributed by atoms with Crippen molar-refractivity contribution >= 4 is 33.0 Å². The van der Waals surface area contributed by atoms with E-state index in [1.165, 1.54) is 24.3 Å². The summed E-state index contributed by atoms with van der Waals surface area (Å²) in [4.78, 5) is 0. The molecule has 0 radical (unpaired) electrons. The highest BCUT2D eigenvalue weighted by molar-refractivity contribution is 9.10. The highest BCUT2D eigenvalue weighted by Crippen LogP contribution is 2.29.